The summed E-state index contributed by atoms with van der Waals surface area (Å²) in [5.74, 6) is 6.52. The molecule has 7 rings (SSSR count). The molecule has 0 aliphatic heterocycles. The molecule has 2 nitrogen and oxygen atoms in total. The van der Waals surface area contributed by atoms with E-state index in [1.54, 1.807) is 18.3 Å². The predicted octanol–water partition coefficient (Wildman–Crippen LogP) is 11.8. The molecule has 0 saturated carbocycles. The normalized spacial score (nSPS) is 13.4. The van der Waals surface area contributed by atoms with E-state index in [1.807, 2.05) is 37.3 Å². The first kappa shape index (κ1) is 31.6. The maximum atomic E-state index is 8.04. The molecular weight excluding hydrogens is 853 g/mol. The molecule has 0 spiro atoms. The Morgan fingerprint density at radius 3 is 2.27 bits per heavy atom. The van der Waals surface area contributed by atoms with E-state index < -0.39 is 26.0 Å². The number of hydrogen-bond acceptors (Lipinski definition) is 3. The third kappa shape index (κ3) is 8.16. The van der Waals surface area contributed by atoms with Crippen LogP contribution in [-0.4, -0.2) is 23.2 Å². The van der Waals surface area contributed by atoms with E-state index in [0.29, 0.717) is 5.69 Å². The van der Waals surface area contributed by atoms with Crippen LogP contribution in [0.4, 0.5) is 0 Å². The molecule has 7 aromatic rings. The Hall–Kier alpha value is -3.41. The number of thiophene rings is 1. The largest absolute Gasteiger partial charge is 0.305 e. The van der Waals surface area contributed by atoms with Crippen molar-refractivity contribution in [1.29, 1.82) is 0 Å². The molecule has 0 fully saturated rings. The number of hydrogen-bond donors (Lipinski definition) is 0. The van der Waals surface area contributed by atoms with Crippen LogP contribution in [0.25, 0.3) is 42.7 Å². The minimum absolute atomic E-state index is 0. The van der Waals surface area contributed by atoms with E-state index in [-0.39, 0.29) is 31.1 Å². The summed E-state index contributed by atoms with van der Waals surface area (Å²) >= 11 is -0.0214. The van der Waals surface area contributed by atoms with Crippen molar-refractivity contribution in [2.75, 3.05) is 0 Å². The third-order valence-electron chi connectivity index (χ3n) is 8.96. The Bertz CT molecular complexity index is 2320. The summed E-state index contributed by atoms with van der Waals surface area (Å²) in [6.07, 6.45) is 3.75. The number of pyridine rings is 2. The summed E-state index contributed by atoms with van der Waals surface area (Å²) in [5.41, 5.74) is 7.29. The summed E-state index contributed by atoms with van der Waals surface area (Å²) in [4.78, 5) is 9.11. The quantitative estimate of drug-likeness (QED) is 0.123. The van der Waals surface area contributed by atoms with Crippen LogP contribution in [-0.2, 0) is 25.5 Å². The first-order chi connectivity index (χ1) is 24.4. The molecule has 0 atom stereocenters. The Kier molecular flexibility index (Phi) is 9.81. The molecule has 49 heavy (non-hydrogen) atoms. The average Bonchev–Trinajstić information content (AvgIpc) is 3.50. The number of nitrogens with zero attached hydrogens (tertiary/aromatic N) is 2. The van der Waals surface area contributed by atoms with Gasteiger partial charge in [-0.2, -0.15) is 0 Å². The number of benzene rings is 4. The molecule has 0 amide bonds. The van der Waals surface area contributed by atoms with Crippen LogP contribution < -0.4 is 4.40 Å². The van der Waals surface area contributed by atoms with E-state index in [2.05, 4.69) is 127 Å². The Morgan fingerprint density at radius 2 is 1.61 bits per heavy atom. The van der Waals surface area contributed by atoms with E-state index >= 15 is 0 Å². The average molecular weight is 902 g/mol. The standard InChI is InChI=1S/C29H28GeNS.C15H16N.Ir/c1-29(2,20-10-7-6-8-11-20)21-14-17-27-25(18-21)23-12-9-13-24(28(23)32-27)26-16-15-22(19-31-26)30(3,4)5;1-11(2)14-8-9-16-15(10-14)13-6-4-12(3)5-7-13;/h6-12,14-19H,1-5H3;4-6,8-11H,1-3H3;/q2*-1;/i;3D3,11D;. The molecule has 5 heteroatoms. The fraction of sp³-hybridized carbons (Fsp3) is 0.227. The number of aryl methyl sites for hydroxylation is 1. The smallest absolute Gasteiger partial charge is 0.0346 e. The van der Waals surface area contributed by atoms with Gasteiger partial charge in [0.15, 0.2) is 0 Å². The van der Waals surface area contributed by atoms with Crippen LogP contribution in [0, 0.1) is 19.0 Å². The van der Waals surface area contributed by atoms with Crippen molar-refractivity contribution >= 4 is 49.2 Å². The van der Waals surface area contributed by atoms with Crippen LogP contribution in [0.3, 0.4) is 0 Å². The van der Waals surface area contributed by atoms with E-state index in [9.17, 15) is 0 Å². The molecule has 3 aromatic heterocycles. The van der Waals surface area contributed by atoms with Gasteiger partial charge in [0.1, 0.15) is 0 Å². The van der Waals surface area contributed by atoms with Gasteiger partial charge in [-0.3, -0.25) is 0 Å². The van der Waals surface area contributed by atoms with Gasteiger partial charge < -0.3 is 4.98 Å². The maximum absolute atomic E-state index is 8.04. The van der Waals surface area contributed by atoms with Gasteiger partial charge in [-0.25, -0.2) is 0 Å². The van der Waals surface area contributed by atoms with Crippen molar-refractivity contribution in [1.82, 2.24) is 9.97 Å². The molecule has 0 unspecified atom stereocenters. The first-order valence-corrected chi connectivity index (χ1v) is 24.5. The molecule has 251 valence electrons. The fourth-order valence-electron chi connectivity index (χ4n) is 5.80. The Labute approximate surface area is 318 Å². The van der Waals surface area contributed by atoms with Gasteiger partial charge in [0.25, 0.3) is 0 Å². The number of fused-ring (bicyclic) bond motifs is 3. The summed E-state index contributed by atoms with van der Waals surface area (Å²) in [6.45, 7) is 6.12. The molecule has 4 aromatic carbocycles. The number of aromatic nitrogens is 2. The summed E-state index contributed by atoms with van der Waals surface area (Å²) < 4.78 is 34.1. The van der Waals surface area contributed by atoms with Gasteiger partial charge in [0.05, 0.1) is 0 Å². The van der Waals surface area contributed by atoms with Gasteiger partial charge in [-0.15, -0.1) is 35.4 Å². The van der Waals surface area contributed by atoms with Crippen LogP contribution in [0.15, 0.2) is 116 Å². The minimum atomic E-state index is -2.12. The van der Waals surface area contributed by atoms with Crippen molar-refractivity contribution in [3.63, 3.8) is 0 Å². The molecule has 0 aliphatic carbocycles. The fourth-order valence-corrected chi connectivity index (χ4v) is 9.16. The summed E-state index contributed by atoms with van der Waals surface area (Å²) in [6, 6.07) is 41.3. The van der Waals surface area contributed by atoms with Gasteiger partial charge in [0, 0.05) is 31.8 Å². The van der Waals surface area contributed by atoms with Gasteiger partial charge >= 0.3 is 168 Å². The summed E-state index contributed by atoms with van der Waals surface area (Å²) in [7, 11) is 0. The van der Waals surface area contributed by atoms with Crippen molar-refractivity contribution in [3.05, 3.63) is 150 Å². The maximum Gasteiger partial charge on any atom is 0.0346 e. The molecule has 3 heterocycles. The Morgan fingerprint density at radius 1 is 0.816 bits per heavy atom. The number of rotatable bonds is 6. The zero-order valence-corrected chi connectivity index (χ0v) is 34.4. The Balaban J connectivity index is 0.000000223. The third-order valence-corrected chi connectivity index (χ3v) is 14.4. The van der Waals surface area contributed by atoms with Crippen LogP contribution in [0.1, 0.15) is 61.3 Å². The van der Waals surface area contributed by atoms with Gasteiger partial charge in [0.2, 0.25) is 0 Å². The molecular formula is C44H44GeIrN2S-2. The SMILES string of the molecule is CC(C)(c1ccccc1)c1ccc2sc3c(-c4cc[c]([Ge]([CH3])([CH3])[CH3])cn4)[c-]ccc3c2c1.[2H]C([2H])([2H])c1c[c-]c(-c2cc(C([2H])(C)C)ccn2)cc1.[Ir]. The van der Waals surface area contributed by atoms with E-state index in [4.69, 9.17) is 10.5 Å². The summed E-state index contributed by atoms with van der Waals surface area (Å²) in [5, 5.41) is 2.62. The van der Waals surface area contributed by atoms with Crippen molar-refractivity contribution in [2.45, 2.75) is 63.1 Å². The van der Waals surface area contributed by atoms with Crippen molar-refractivity contribution < 1.29 is 25.6 Å². The van der Waals surface area contributed by atoms with Gasteiger partial charge in [-0.05, 0) is 17.7 Å². The van der Waals surface area contributed by atoms with Crippen molar-refractivity contribution in [2.24, 2.45) is 0 Å². The van der Waals surface area contributed by atoms with Crippen molar-refractivity contribution in [3.8, 4) is 22.5 Å². The van der Waals surface area contributed by atoms with E-state index in [1.165, 1.54) is 41.8 Å². The molecule has 0 saturated heterocycles. The molecule has 0 bridgehead atoms. The van der Waals surface area contributed by atoms with Crippen LogP contribution in [0.2, 0.25) is 17.3 Å². The van der Waals surface area contributed by atoms with Crippen LogP contribution in [0.5, 0.6) is 0 Å². The topological polar surface area (TPSA) is 25.8 Å². The first-order valence-electron chi connectivity index (χ1n) is 18.3. The van der Waals surface area contributed by atoms with Gasteiger partial charge in [-0.1, -0.05) is 62.7 Å². The minimum Gasteiger partial charge on any atom is -0.305 e. The zero-order chi connectivity index (χ0) is 37.5. The molecule has 0 N–H and O–H groups in total. The monoisotopic (exact) mass is 903 g/mol. The molecule has 0 aliphatic rings. The second-order valence-electron chi connectivity index (χ2n) is 14.0. The molecule has 1 radical (unpaired) electrons. The predicted molar refractivity (Wildman–Crippen MR) is 210 cm³/mol. The van der Waals surface area contributed by atoms with Crippen LogP contribution >= 0.6 is 11.3 Å². The zero-order valence-electron chi connectivity index (χ0n) is 33.1. The second kappa shape index (κ2) is 15.2. The second-order valence-corrected chi connectivity index (χ2v) is 25.7. The van der Waals surface area contributed by atoms with E-state index in [0.717, 1.165) is 22.4 Å².